The number of benzene rings is 3. The van der Waals surface area contributed by atoms with Crippen molar-refractivity contribution in [3.8, 4) is 0 Å². The van der Waals surface area contributed by atoms with Gasteiger partial charge in [-0.2, -0.15) is 0 Å². The molecule has 34 heavy (non-hydrogen) atoms. The second kappa shape index (κ2) is 9.28. The van der Waals surface area contributed by atoms with Gasteiger partial charge in [-0.3, -0.25) is 9.52 Å². The van der Waals surface area contributed by atoms with Gasteiger partial charge < -0.3 is 10.3 Å². The van der Waals surface area contributed by atoms with Crippen LogP contribution < -0.4 is 10.0 Å². The summed E-state index contributed by atoms with van der Waals surface area (Å²) in [6, 6.07) is 20.5. The summed E-state index contributed by atoms with van der Waals surface area (Å²) in [4.78, 5) is 20.1. The topological polar surface area (TPSA) is 104 Å². The molecule has 0 aliphatic carbocycles. The number of fused-ring (bicyclic) bond motifs is 2. The number of sulfonamides is 1. The summed E-state index contributed by atoms with van der Waals surface area (Å²) in [6.07, 6.45) is 2.76. The van der Waals surface area contributed by atoms with Gasteiger partial charge in [0.25, 0.3) is 10.0 Å². The van der Waals surface area contributed by atoms with Crippen molar-refractivity contribution in [3.05, 3.63) is 89.6 Å². The Bertz CT molecular complexity index is 1580. The van der Waals surface area contributed by atoms with Gasteiger partial charge in [-0.25, -0.2) is 13.4 Å². The molecule has 7 nitrogen and oxygen atoms in total. The second-order valence-electron chi connectivity index (χ2n) is 7.86. The lowest BCUT2D eigenvalue weighted by molar-refractivity contribution is -0.120. The van der Waals surface area contributed by atoms with Crippen molar-refractivity contribution in [2.24, 2.45) is 0 Å². The maximum Gasteiger partial charge on any atom is 0.264 e. The molecule has 3 aromatic carbocycles. The third-order valence-electron chi connectivity index (χ3n) is 5.55. The van der Waals surface area contributed by atoms with E-state index in [1.54, 1.807) is 29.6 Å². The van der Waals surface area contributed by atoms with Gasteiger partial charge in [0.15, 0.2) is 5.13 Å². The third kappa shape index (κ3) is 4.66. The fourth-order valence-corrected chi connectivity index (χ4v) is 6.13. The summed E-state index contributed by atoms with van der Waals surface area (Å²) < 4.78 is 28.5. The van der Waals surface area contributed by atoms with Crippen molar-refractivity contribution < 1.29 is 13.2 Å². The molecule has 5 rings (SSSR count). The molecule has 2 heterocycles. The Morgan fingerprint density at radius 3 is 2.62 bits per heavy atom. The minimum Gasteiger partial charge on any atom is -0.361 e. The number of nitrogens with one attached hydrogen (secondary N) is 3. The SMILES string of the molecule is O=C(Cc1csc(NS(=O)(=O)c2cccc3ccccc23)n1)NCCc1c[nH]c2ccccc12. The van der Waals surface area contributed by atoms with E-state index in [0.29, 0.717) is 24.0 Å². The first-order chi connectivity index (χ1) is 16.5. The van der Waals surface area contributed by atoms with Gasteiger partial charge in [-0.05, 0) is 29.5 Å². The van der Waals surface area contributed by atoms with Gasteiger partial charge in [0.05, 0.1) is 17.0 Å². The van der Waals surface area contributed by atoms with Crippen molar-refractivity contribution in [2.45, 2.75) is 17.7 Å². The van der Waals surface area contributed by atoms with Gasteiger partial charge in [0.2, 0.25) is 5.91 Å². The largest absolute Gasteiger partial charge is 0.361 e. The highest BCUT2D eigenvalue weighted by atomic mass is 32.2. The van der Waals surface area contributed by atoms with Crippen LogP contribution in [0.15, 0.2) is 83.2 Å². The van der Waals surface area contributed by atoms with Crippen LogP contribution in [-0.2, 0) is 27.7 Å². The zero-order valence-corrected chi connectivity index (χ0v) is 19.7. The van der Waals surface area contributed by atoms with E-state index in [0.717, 1.165) is 33.2 Å². The lowest BCUT2D eigenvalue weighted by atomic mass is 10.1. The number of para-hydroxylation sites is 1. The standard InChI is InChI=1S/C25H22N4O3S2/c30-24(26-13-12-18-15-27-22-10-4-3-8-20(18)22)14-19-16-33-25(28-19)29-34(31,32)23-11-5-7-17-6-1-2-9-21(17)23/h1-11,15-16,27H,12-14H2,(H,26,30)(H,28,29). The minimum atomic E-state index is -3.82. The molecular weight excluding hydrogens is 468 g/mol. The summed E-state index contributed by atoms with van der Waals surface area (Å²) in [5.74, 6) is -0.159. The summed E-state index contributed by atoms with van der Waals surface area (Å²) in [5, 5.41) is 7.47. The highest BCUT2D eigenvalue weighted by molar-refractivity contribution is 7.93. The molecule has 0 saturated carbocycles. The van der Waals surface area contributed by atoms with Crippen LogP contribution in [-0.4, -0.2) is 30.8 Å². The van der Waals surface area contributed by atoms with Crippen LogP contribution in [0, 0.1) is 0 Å². The van der Waals surface area contributed by atoms with Gasteiger partial charge >= 0.3 is 0 Å². The molecule has 0 saturated heterocycles. The number of hydrogen-bond donors (Lipinski definition) is 3. The fraction of sp³-hybridized carbons (Fsp3) is 0.120. The highest BCUT2D eigenvalue weighted by Crippen LogP contribution is 2.26. The number of carbonyl (C=O) groups is 1. The zero-order chi connectivity index (χ0) is 23.5. The monoisotopic (exact) mass is 490 g/mol. The maximum atomic E-state index is 13.0. The Kier molecular flexibility index (Phi) is 6.04. The molecule has 5 aromatic rings. The number of rotatable bonds is 8. The Balaban J connectivity index is 1.19. The first kappa shape index (κ1) is 22.1. The molecule has 172 valence electrons. The van der Waals surface area contributed by atoms with Crippen LogP contribution >= 0.6 is 11.3 Å². The van der Waals surface area contributed by atoms with Crippen LogP contribution in [0.25, 0.3) is 21.7 Å². The molecule has 0 radical (unpaired) electrons. The number of H-pyrrole nitrogens is 1. The van der Waals surface area contributed by atoms with Crippen molar-refractivity contribution in [2.75, 3.05) is 11.3 Å². The molecule has 0 aliphatic rings. The number of thiazole rings is 1. The number of hydrogen-bond acceptors (Lipinski definition) is 5. The second-order valence-corrected chi connectivity index (χ2v) is 10.4. The Morgan fingerprint density at radius 2 is 1.74 bits per heavy atom. The quantitative estimate of drug-likeness (QED) is 0.298. The molecule has 9 heteroatoms. The summed E-state index contributed by atoms with van der Waals surface area (Å²) >= 11 is 1.16. The van der Waals surface area contributed by atoms with Crippen LogP contribution in [0.4, 0.5) is 5.13 Å². The van der Waals surface area contributed by atoms with Gasteiger partial charge in [0, 0.05) is 34.4 Å². The first-order valence-corrected chi connectivity index (χ1v) is 13.1. The number of carbonyl (C=O) groups excluding carboxylic acids is 1. The fourth-order valence-electron chi connectivity index (χ4n) is 3.94. The lowest BCUT2D eigenvalue weighted by Crippen LogP contribution is -2.27. The van der Waals surface area contributed by atoms with Crippen LogP contribution in [0.3, 0.4) is 0 Å². The van der Waals surface area contributed by atoms with E-state index in [1.807, 2.05) is 42.6 Å². The normalized spacial score (nSPS) is 11.6. The Hall–Kier alpha value is -3.69. The predicted octanol–water partition coefficient (Wildman–Crippen LogP) is 4.48. The van der Waals surface area contributed by atoms with E-state index in [2.05, 4.69) is 26.1 Å². The minimum absolute atomic E-state index is 0.0837. The number of amides is 1. The lowest BCUT2D eigenvalue weighted by Gasteiger charge is -2.08. The van der Waals surface area contributed by atoms with Crippen molar-refractivity contribution in [1.82, 2.24) is 15.3 Å². The van der Waals surface area contributed by atoms with Gasteiger partial charge in [-0.15, -0.1) is 11.3 Å². The third-order valence-corrected chi connectivity index (χ3v) is 7.88. The van der Waals surface area contributed by atoms with E-state index in [-0.39, 0.29) is 22.4 Å². The van der Waals surface area contributed by atoms with E-state index in [9.17, 15) is 13.2 Å². The molecule has 0 atom stereocenters. The zero-order valence-electron chi connectivity index (χ0n) is 18.1. The van der Waals surface area contributed by atoms with E-state index in [4.69, 9.17) is 0 Å². The summed E-state index contributed by atoms with van der Waals surface area (Å²) in [5.41, 5.74) is 2.74. The van der Waals surface area contributed by atoms with Crippen LogP contribution in [0.5, 0.6) is 0 Å². The van der Waals surface area contributed by atoms with Gasteiger partial charge in [-0.1, -0.05) is 54.6 Å². The molecular formula is C25H22N4O3S2. The molecule has 0 spiro atoms. The average Bonchev–Trinajstić information content (AvgIpc) is 3.45. The van der Waals surface area contributed by atoms with Crippen LogP contribution in [0.1, 0.15) is 11.3 Å². The van der Waals surface area contributed by atoms with E-state index >= 15 is 0 Å². The van der Waals surface area contributed by atoms with Gasteiger partial charge in [0.1, 0.15) is 0 Å². The molecule has 2 aromatic heterocycles. The number of aromatic amines is 1. The molecule has 0 bridgehead atoms. The average molecular weight is 491 g/mol. The predicted molar refractivity (Wildman–Crippen MR) is 136 cm³/mol. The van der Waals surface area contributed by atoms with Crippen molar-refractivity contribution in [1.29, 1.82) is 0 Å². The van der Waals surface area contributed by atoms with E-state index < -0.39 is 10.0 Å². The number of anilines is 1. The molecule has 3 N–H and O–H groups in total. The van der Waals surface area contributed by atoms with E-state index in [1.165, 1.54) is 0 Å². The molecule has 0 unspecified atom stereocenters. The number of aromatic nitrogens is 2. The molecule has 0 aliphatic heterocycles. The van der Waals surface area contributed by atoms with Crippen molar-refractivity contribution >= 4 is 54.1 Å². The van der Waals surface area contributed by atoms with Crippen LogP contribution in [0.2, 0.25) is 0 Å². The first-order valence-electron chi connectivity index (χ1n) is 10.8. The molecule has 0 fully saturated rings. The smallest absolute Gasteiger partial charge is 0.264 e. The maximum absolute atomic E-state index is 13.0. The Morgan fingerprint density at radius 1 is 0.971 bits per heavy atom. The summed E-state index contributed by atoms with van der Waals surface area (Å²) in [7, 11) is -3.82. The summed E-state index contributed by atoms with van der Waals surface area (Å²) in [6.45, 7) is 0.505. The van der Waals surface area contributed by atoms with Crippen molar-refractivity contribution in [3.63, 3.8) is 0 Å². The highest BCUT2D eigenvalue weighted by Gasteiger charge is 2.19. The Labute approximate surface area is 200 Å². The molecule has 1 amide bonds. The number of nitrogens with zero attached hydrogens (tertiary/aromatic N) is 1.